The monoisotopic (exact) mass is 570 g/mol. The summed E-state index contributed by atoms with van der Waals surface area (Å²) in [6.07, 6.45) is 1.59. The number of thiazole rings is 1. The first-order valence-electron chi connectivity index (χ1n) is 9.77. The lowest BCUT2D eigenvalue weighted by molar-refractivity contribution is -0.113. The van der Waals surface area contributed by atoms with Gasteiger partial charge in [0.2, 0.25) is 5.91 Å². The highest BCUT2D eigenvalue weighted by molar-refractivity contribution is 7.99. The Bertz CT molecular complexity index is 1360. The summed E-state index contributed by atoms with van der Waals surface area (Å²) in [4.78, 5) is 28.9. The van der Waals surface area contributed by atoms with Gasteiger partial charge in [-0.3, -0.25) is 14.2 Å². The van der Waals surface area contributed by atoms with Crippen LogP contribution in [0.1, 0.15) is 16.2 Å². The molecule has 8 nitrogen and oxygen atoms in total. The molecular formula is C21H14Cl3FN6O2S2. The van der Waals surface area contributed by atoms with Crippen LogP contribution in [0.5, 0.6) is 0 Å². The molecule has 2 aromatic carbocycles. The van der Waals surface area contributed by atoms with E-state index >= 15 is 0 Å². The molecule has 0 spiro atoms. The molecule has 35 heavy (non-hydrogen) atoms. The standard InChI is InChI=1S/C21H14Cl3FN6O2S2/c22-12-5-4-11(8-14(12)24)31-16(9-27-19(33)18-13(23)2-1-3-15(18)25)29-30-21(31)35-10-17(32)28-20-26-6-7-34-20/h1-8H,9-10H2,(H,27,33)(H,26,28,32). The van der Waals surface area contributed by atoms with Gasteiger partial charge in [-0.05, 0) is 30.3 Å². The van der Waals surface area contributed by atoms with Crippen molar-refractivity contribution in [2.24, 2.45) is 0 Å². The van der Waals surface area contributed by atoms with E-state index in [-0.39, 0.29) is 28.8 Å². The van der Waals surface area contributed by atoms with E-state index in [0.717, 1.165) is 17.8 Å². The number of aromatic nitrogens is 4. The maximum absolute atomic E-state index is 14.1. The summed E-state index contributed by atoms with van der Waals surface area (Å²) in [7, 11) is 0. The number of anilines is 1. The first-order chi connectivity index (χ1) is 16.8. The maximum atomic E-state index is 14.1. The largest absolute Gasteiger partial charge is 0.345 e. The third-order valence-corrected chi connectivity index (χ3v) is 7.14. The van der Waals surface area contributed by atoms with Crippen molar-refractivity contribution in [1.29, 1.82) is 0 Å². The van der Waals surface area contributed by atoms with Crippen LogP contribution >= 0.6 is 57.9 Å². The molecule has 0 aliphatic heterocycles. The van der Waals surface area contributed by atoms with E-state index in [2.05, 4.69) is 25.8 Å². The summed E-state index contributed by atoms with van der Waals surface area (Å²) in [5.41, 5.74) is 0.281. The van der Waals surface area contributed by atoms with Crippen LogP contribution in [-0.2, 0) is 11.3 Å². The van der Waals surface area contributed by atoms with Gasteiger partial charge >= 0.3 is 0 Å². The van der Waals surface area contributed by atoms with Gasteiger partial charge in [0.1, 0.15) is 5.82 Å². The molecule has 2 amide bonds. The Morgan fingerprint density at radius 3 is 2.63 bits per heavy atom. The molecule has 2 heterocycles. The third-order valence-electron chi connectivity index (χ3n) is 4.47. The summed E-state index contributed by atoms with van der Waals surface area (Å²) >= 11 is 20.7. The number of thioether (sulfide) groups is 1. The molecule has 0 atom stereocenters. The van der Waals surface area contributed by atoms with Crippen molar-refractivity contribution >= 4 is 74.8 Å². The minimum atomic E-state index is -0.747. The van der Waals surface area contributed by atoms with Gasteiger partial charge in [-0.15, -0.1) is 21.5 Å². The fourth-order valence-corrected chi connectivity index (χ4v) is 4.78. The zero-order valence-electron chi connectivity index (χ0n) is 17.5. The van der Waals surface area contributed by atoms with Gasteiger partial charge in [-0.25, -0.2) is 9.37 Å². The Kier molecular flexibility index (Phi) is 8.24. The Labute approximate surface area is 221 Å². The minimum absolute atomic E-state index is 0.0177. The summed E-state index contributed by atoms with van der Waals surface area (Å²) < 4.78 is 15.7. The lowest BCUT2D eigenvalue weighted by Gasteiger charge is -2.12. The van der Waals surface area contributed by atoms with Crippen molar-refractivity contribution in [3.05, 3.63) is 80.2 Å². The van der Waals surface area contributed by atoms with Crippen LogP contribution in [0.3, 0.4) is 0 Å². The van der Waals surface area contributed by atoms with Gasteiger partial charge in [0, 0.05) is 11.6 Å². The van der Waals surface area contributed by atoms with Gasteiger partial charge in [-0.1, -0.05) is 52.6 Å². The molecule has 0 aliphatic carbocycles. The van der Waals surface area contributed by atoms with E-state index in [9.17, 15) is 14.0 Å². The van der Waals surface area contributed by atoms with E-state index in [0.29, 0.717) is 31.8 Å². The predicted octanol–water partition coefficient (Wildman–Crippen LogP) is 5.48. The van der Waals surface area contributed by atoms with Gasteiger partial charge in [0.15, 0.2) is 16.1 Å². The maximum Gasteiger partial charge on any atom is 0.256 e. The van der Waals surface area contributed by atoms with Gasteiger partial charge < -0.3 is 10.6 Å². The average molecular weight is 572 g/mol. The van der Waals surface area contributed by atoms with Gasteiger partial charge in [0.25, 0.3) is 5.91 Å². The van der Waals surface area contributed by atoms with Gasteiger partial charge in [0.05, 0.1) is 38.6 Å². The Balaban J connectivity index is 1.56. The van der Waals surface area contributed by atoms with Crippen molar-refractivity contribution in [2.45, 2.75) is 11.7 Å². The topological polar surface area (TPSA) is 102 Å². The van der Waals surface area contributed by atoms with Crippen LogP contribution in [0.15, 0.2) is 53.1 Å². The number of nitrogens with zero attached hydrogens (tertiary/aromatic N) is 4. The van der Waals surface area contributed by atoms with E-state index in [1.807, 2.05) is 0 Å². The highest BCUT2D eigenvalue weighted by Gasteiger charge is 2.20. The Hall–Kier alpha value is -2.70. The molecule has 0 unspecified atom stereocenters. The zero-order chi connectivity index (χ0) is 24.9. The fraction of sp³-hybridized carbons (Fsp3) is 0.0952. The lowest BCUT2D eigenvalue weighted by atomic mass is 10.2. The number of carbonyl (C=O) groups is 2. The van der Waals surface area contributed by atoms with Crippen LogP contribution in [0.4, 0.5) is 9.52 Å². The number of hydrogen-bond acceptors (Lipinski definition) is 7. The quantitative estimate of drug-likeness (QED) is 0.272. The number of benzene rings is 2. The highest BCUT2D eigenvalue weighted by atomic mass is 35.5. The zero-order valence-corrected chi connectivity index (χ0v) is 21.4. The number of amides is 2. The van der Waals surface area contributed by atoms with E-state index in [1.54, 1.807) is 34.3 Å². The molecule has 14 heteroatoms. The normalized spacial score (nSPS) is 10.9. The summed E-state index contributed by atoms with van der Waals surface area (Å²) in [6.45, 7) is -0.109. The first-order valence-corrected chi connectivity index (χ1v) is 12.8. The summed E-state index contributed by atoms with van der Waals surface area (Å²) in [6, 6.07) is 8.87. The second-order valence-electron chi connectivity index (χ2n) is 6.79. The second kappa shape index (κ2) is 11.4. The number of hydrogen-bond donors (Lipinski definition) is 2. The number of carbonyl (C=O) groups excluding carboxylic acids is 2. The van der Waals surface area contributed by atoms with Crippen LogP contribution in [0, 0.1) is 5.82 Å². The van der Waals surface area contributed by atoms with Gasteiger partial charge in [-0.2, -0.15) is 0 Å². The molecule has 0 saturated carbocycles. The molecule has 4 rings (SSSR count). The van der Waals surface area contributed by atoms with Crippen LogP contribution in [-0.4, -0.2) is 37.3 Å². The van der Waals surface area contributed by atoms with Crippen LogP contribution in [0.25, 0.3) is 5.69 Å². The molecule has 0 bridgehead atoms. The minimum Gasteiger partial charge on any atom is -0.345 e. The molecule has 180 valence electrons. The molecule has 0 saturated heterocycles. The van der Waals surface area contributed by atoms with E-state index in [4.69, 9.17) is 34.8 Å². The number of nitrogens with one attached hydrogen (secondary N) is 2. The Morgan fingerprint density at radius 2 is 1.91 bits per heavy atom. The van der Waals surface area contributed by atoms with Crippen LogP contribution < -0.4 is 10.6 Å². The van der Waals surface area contributed by atoms with E-state index in [1.165, 1.54) is 23.5 Å². The van der Waals surface area contributed by atoms with E-state index < -0.39 is 11.7 Å². The Morgan fingerprint density at radius 1 is 1.09 bits per heavy atom. The molecule has 0 aliphatic rings. The average Bonchev–Trinajstić information content (AvgIpc) is 3.48. The molecule has 0 fully saturated rings. The predicted molar refractivity (Wildman–Crippen MR) is 135 cm³/mol. The second-order valence-corrected chi connectivity index (χ2v) is 9.84. The van der Waals surface area contributed by atoms with Crippen molar-refractivity contribution in [3.63, 3.8) is 0 Å². The molecular weight excluding hydrogens is 558 g/mol. The molecule has 2 aromatic heterocycles. The summed E-state index contributed by atoms with van der Waals surface area (Å²) in [5.74, 6) is -1.40. The first kappa shape index (κ1) is 25.4. The molecule has 0 radical (unpaired) electrons. The SMILES string of the molecule is O=C(CSc1nnc(CNC(=O)c2c(F)cccc2Cl)n1-c1ccc(Cl)c(Cl)c1)Nc1nccs1. The lowest BCUT2D eigenvalue weighted by Crippen LogP contribution is -2.26. The van der Waals surface area contributed by atoms with Crippen molar-refractivity contribution in [2.75, 3.05) is 11.1 Å². The van der Waals surface area contributed by atoms with Crippen molar-refractivity contribution < 1.29 is 14.0 Å². The number of halogens is 4. The molecule has 4 aromatic rings. The smallest absolute Gasteiger partial charge is 0.256 e. The molecule has 2 N–H and O–H groups in total. The summed E-state index contributed by atoms with van der Waals surface area (Å²) in [5, 5.41) is 16.8. The van der Waals surface area contributed by atoms with Crippen LogP contribution in [0.2, 0.25) is 15.1 Å². The number of rotatable bonds is 8. The van der Waals surface area contributed by atoms with Crippen molar-refractivity contribution in [1.82, 2.24) is 25.1 Å². The highest BCUT2D eigenvalue weighted by Crippen LogP contribution is 2.28. The third kappa shape index (κ3) is 6.11. The van der Waals surface area contributed by atoms with Crippen molar-refractivity contribution in [3.8, 4) is 5.69 Å². The fourth-order valence-electron chi connectivity index (χ4n) is 2.92.